The number of carbonyl (C=O) groups is 2. The maximum Gasteiger partial charge on any atom is 0.231 e. The van der Waals surface area contributed by atoms with Gasteiger partial charge in [0.25, 0.3) is 0 Å². The summed E-state index contributed by atoms with van der Waals surface area (Å²) in [6.07, 6.45) is 0.605. The average molecular weight is 481 g/mol. The molecule has 0 bridgehead atoms. The number of nitrogens with one attached hydrogen (secondary N) is 1. The fourth-order valence-corrected chi connectivity index (χ4v) is 4.49. The number of carbonyl (C=O) groups excluding carboxylic acids is 2. The van der Waals surface area contributed by atoms with Gasteiger partial charge in [-0.2, -0.15) is 0 Å². The molecule has 8 nitrogen and oxygen atoms in total. The minimum atomic E-state index is -0.212. The summed E-state index contributed by atoms with van der Waals surface area (Å²) >= 11 is 1.28. The highest BCUT2D eigenvalue weighted by atomic mass is 32.1. The fraction of sp³-hybridized carbons (Fsp3) is 0.360. The van der Waals surface area contributed by atoms with Gasteiger partial charge in [-0.3, -0.25) is 9.59 Å². The molecule has 2 amide bonds. The minimum absolute atomic E-state index is 0.0418. The summed E-state index contributed by atoms with van der Waals surface area (Å²) in [4.78, 5) is 27.4. The highest BCUT2D eigenvalue weighted by Crippen LogP contribution is 2.37. The van der Waals surface area contributed by atoms with Crippen molar-refractivity contribution in [1.29, 1.82) is 0 Å². The second kappa shape index (κ2) is 10.6. The molecule has 0 fully saturated rings. The lowest BCUT2D eigenvalue weighted by atomic mass is 10.0. The monoisotopic (exact) mass is 480 g/mol. The Labute approximate surface area is 202 Å². The predicted molar refractivity (Wildman–Crippen MR) is 131 cm³/mol. The van der Waals surface area contributed by atoms with E-state index in [1.165, 1.54) is 11.3 Å². The van der Waals surface area contributed by atoms with Crippen LogP contribution in [0.4, 0.5) is 5.13 Å². The van der Waals surface area contributed by atoms with Crippen molar-refractivity contribution in [1.82, 2.24) is 15.1 Å². The van der Waals surface area contributed by atoms with Gasteiger partial charge in [-0.1, -0.05) is 55.5 Å². The second-order valence-electron chi connectivity index (χ2n) is 8.55. The van der Waals surface area contributed by atoms with E-state index in [1.807, 2.05) is 69.3 Å². The van der Waals surface area contributed by atoms with Gasteiger partial charge in [0.05, 0.1) is 6.04 Å². The Balaban J connectivity index is 1.38. The summed E-state index contributed by atoms with van der Waals surface area (Å²) in [5, 5.41) is 12.2. The van der Waals surface area contributed by atoms with E-state index in [-0.39, 0.29) is 37.0 Å². The maximum atomic E-state index is 12.9. The van der Waals surface area contributed by atoms with E-state index in [9.17, 15) is 9.59 Å². The summed E-state index contributed by atoms with van der Waals surface area (Å²) in [7, 11) is 0. The van der Waals surface area contributed by atoms with E-state index >= 15 is 0 Å². The van der Waals surface area contributed by atoms with E-state index < -0.39 is 0 Å². The molecule has 9 heteroatoms. The number of hydrogen-bond acceptors (Lipinski definition) is 7. The highest BCUT2D eigenvalue weighted by molar-refractivity contribution is 7.18. The first-order chi connectivity index (χ1) is 16.4. The summed E-state index contributed by atoms with van der Waals surface area (Å²) in [6.45, 7) is 6.55. The van der Waals surface area contributed by atoms with Crippen LogP contribution in [0.15, 0.2) is 48.5 Å². The molecule has 2 aromatic carbocycles. The normalized spacial score (nSPS) is 13.1. The van der Waals surface area contributed by atoms with Crippen molar-refractivity contribution in [3.63, 3.8) is 0 Å². The molecule has 0 saturated heterocycles. The fourth-order valence-electron chi connectivity index (χ4n) is 3.74. The molecule has 178 valence electrons. The van der Waals surface area contributed by atoms with Gasteiger partial charge in [-0.25, -0.2) is 0 Å². The molecule has 0 spiro atoms. The molecular formula is C25H28N4O4S. The number of hydrogen-bond donors (Lipinski definition) is 1. The quantitative estimate of drug-likeness (QED) is 0.468. The Morgan fingerprint density at radius 1 is 1.06 bits per heavy atom. The maximum absolute atomic E-state index is 12.9. The lowest BCUT2D eigenvalue weighted by Crippen LogP contribution is -2.36. The first kappa shape index (κ1) is 23.7. The minimum Gasteiger partial charge on any atom is -0.454 e. The summed E-state index contributed by atoms with van der Waals surface area (Å²) in [6, 6.07) is 15.3. The smallest absolute Gasteiger partial charge is 0.231 e. The van der Waals surface area contributed by atoms with Crippen molar-refractivity contribution in [2.75, 3.05) is 18.7 Å². The molecule has 1 atom stereocenters. The van der Waals surface area contributed by atoms with Gasteiger partial charge in [0.2, 0.25) is 23.7 Å². The van der Waals surface area contributed by atoms with Gasteiger partial charge in [-0.15, -0.1) is 10.2 Å². The van der Waals surface area contributed by atoms with Crippen LogP contribution in [0.5, 0.6) is 11.5 Å². The van der Waals surface area contributed by atoms with Crippen molar-refractivity contribution >= 4 is 28.3 Å². The van der Waals surface area contributed by atoms with E-state index in [1.54, 1.807) is 4.90 Å². The number of anilines is 1. The molecule has 0 saturated carbocycles. The van der Waals surface area contributed by atoms with Gasteiger partial charge in [0, 0.05) is 24.9 Å². The molecule has 1 aliphatic rings. The Hall–Kier alpha value is -3.46. The van der Waals surface area contributed by atoms with Crippen LogP contribution >= 0.6 is 11.3 Å². The van der Waals surface area contributed by atoms with Crippen LogP contribution in [-0.4, -0.2) is 40.2 Å². The number of aromatic nitrogens is 2. The molecule has 1 unspecified atom stereocenters. The third-order valence-corrected chi connectivity index (χ3v) is 6.41. The Bertz CT molecular complexity index is 1150. The molecular weight excluding hydrogens is 452 g/mol. The molecule has 0 aliphatic carbocycles. The van der Waals surface area contributed by atoms with Gasteiger partial charge in [0.1, 0.15) is 5.01 Å². The number of fused-ring (bicyclic) bond motifs is 1. The third kappa shape index (κ3) is 5.72. The largest absolute Gasteiger partial charge is 0.454 e. The molecule has 4 rings (SSSR count). The molecule has 34 heavy (non-hydrogen) atoms. The van der Waals surface area contributed by atoms with E-state index in [2.05, 4.69) is 15.5 Å². The van der Waals surface area contributed by atoms with Crippen molar-refractivity contribution < 1.29 is 19.1 Å². The zero-order chi connectivity index (χ0) is 24.1. The number of nitrogens with zero attached hydrogens (tertiary/aromatic N) is 3. The molecule has 3 aromatic rings. The molecule has 1 aromatic heterocycles. The van der Waals surface area contributed by atoms with E-state index in [0.29, 0.717) is 34.6 Å². The lowest BCUT2D eigenvalue weighted by Gasteiger charge is -2.30. The standard InChI is InChI=1S/C25H28N4O4S/c1-16(2)13-23(31)29(17(3)18-7-5-4-6-8-18)12-11-22(30)26-25-28-27-24(34-25)19-9-10-20-21(14-19)33-15-32-20/h4-10,14,16-17H,11-13,15H2,1-3H3,(H,26,28,30). The SMILES string of the molecule is CC(C)CC(=O)N(CCC(=O)Nc1nnc(-c2ccc3c(c2)OCO3)s1)C(C)c1ccccc1. The van der Waals surface area contributed by atoms with Crippen molar-refractivity contribution in [3.05, 3.63) is 54.1 Å². The van der Waals surface area contributed by atoms with Crippen molar-refractivity contribution in [2.24, 2.45) is 5.92 Å². The van der Waals surface area contributed by atoms with Crippen LogP contribution in [0.3, 0.4) is 0 Å². The Morgan fingerprint density at radius 2 is 1.82 bits per heavy atom. The Kier molecular flexibility index (Phi) is 7.42. The summed E-state index contributed by atoms with van der Waals surface area (Å²) < 4.78 is 10.7. The molecule has 0 radical (unpaired) electrons. The lowest BCUT2D eigenvalue weighted by molar-refractivity contribution is -0.134. The first-order valence-corrected chi connectivity index (χ1v) is 12.1. The molecule has 2 heterocycles. The zero-order valence-electron chi connectivity index (χ0n) is 19.5. The van der Waals surface area contributed by atoms with Gasteiger partial charge >= 0.3 is 0 Å². The summed E-state index contributed by atoms with van der Waals surface area (Å²) in [5.74, 6) is 1.43. The summed E-state index contributed by atoms with van der Waals surface area (Å²) in [5.41, 5.74) is 1.88. The van der Waals surface area contributed by atoms with Crippen molar-refractivity contribution in [2.45, 2.75) is 39.7 Å². The number of benzene rings is 2. The second-order valence-corrected chi connectivity index (χ2v) is 9.53. The molecule has 1 aliphatic heterocycles. The average Bonchev–Trinajstić information content (AvgIpc) is 3.48. The molecule has 1 N–H and O–H groups in total. The highest BCUT2D eigenvalue weighted by Gasteiger charge is 2.23. The number of amides is 2. The van der Waals surface area contributed by atoms with E-state index in [0.717, 1.165) is 11.1 Å². The van der Waals surface area contributed by atoms with Gasteiger partial charge < -0.3 is 19.7 Å². The zero-order valence-corrected chi connectivity index (χ0v) is 20.3. The number of ether oxygens (including phenoxy) is 2. The first-order valence-electron chi connectivity index (χ1n) is 11.3. The van der Waals surface area contributed by atoms with Crippen LogP contribution in [-0.2, 0) is 9.59 Å². The van der Waals surface area contributed by atoms with Crippen molar-refractivity contribution in [3.8, 4) is 22.1 Å². The van der Waals surface area contributed by atoms with Crippen LogP contribution in [0.2, 0.25) is 0 Å². The van der Waals surface area contributed by atoms with Gasteiger partial charge in [-0.05, 0) is 36.6 Å². The van der Waals surface area contributed by atoms with Crippen LogP contribution in [0.25, 0.3) is 10.6 Å². The number of rotatable bonds is 9. The van der Waals surface area contributed by atoms with Gasteiger partial charge in [0.15, 0.2) is 11.5 Å². The van der Waals surface area contributed by atoms with E-state index in [4.69, 9.17) is 9.47 Å². The van der Waals surface area contributed by atoms with Crippen LogP contribution < -0.4 is 14.8 Å². The third-order valence-electron chi connectivity index (χ3n) is 5.52. The van der Waals surface area contributed by atoms with Crippen LogP contribution in [0, 0.1) is 5.92 Å². The topological polar surface area (TPSA) is 93.7 Å². The van der Waals surface area contributed by atoms with Crippen LogP contribution in [0.1, 0.15) is 45.2 Å². The Morgan fingerprint density at radius 3 is 2.59 bits per heavy atom. The predicted octanol–water partition coefficient (Wildman–Crippen LogP) is 4.90.